The molecule has 2 aromatic carbocycles. The first kappa shape index (κ1) is 21.2. The third-order valence-electron chi connectivity index (χ3n) is 4.12. The highest BCUT2D eigenvalue weighted by Gasteiger charge is 2.24. The Hall–Kier alpha value is -2.13. The van der Waals surface area contributed by atoms with Crippen molar-refractivity contribution in [3.8, 4) is 0 Å². The van der Waals surface area contributed by atoms with Crippen LogP contribution in [0.4, 0.5) is 11.4 Å². The van der Waals surface area contributed by atoms with E-state index in [0.717, 1.165) is 0 Å². The van der Waals surface area contributed by atoms with Gasteiger partial charge in [0.2, 0.25) is 5.91 Å². The van der Waals surface area contributed by atoms with E-state index in [2.05, 4.69) is 10.6 Å². The van der Waals surface area contributed by atoms with E-state index < -0.39 is 16.1 Å². The number of hydrogen-bond donors (Lipinski definition) is 2. The van der Waals surface area contributed by atoms with Crippen LogP contribution in [0.15, 0.2) is 59.5 Å². The maximum Gasteiger partial charge on any atom is 0.264 e. The highest BCUT2D eigenvalue weighted by Crippen LogP contribution is 2.23. The van der Waals surface area contributed by atoms with Gasteiger partial charge in [0, 0.05) is 19.3 Å². The van der Waals surface area contributed by atoms with Gasteiger partial charge in [-0.1, -0.05) is 24.3 Å². The summed E-state index contributed by atoms with van der Waals surface area (Å²) in [7, 11) is -2.23. The molecule has 0 saturated carbocycles. The monoisotopic (exact) mass is 411 g/mol. The molecule has 1 heterocycles. The van der Waals surface area contributed by atoms with E-state index in [4.69, 9.17) is 4.74 Å². The summed E-state index contributed by atoms with van der Waals surface area (Å²) in [4.78, 5) is 12.4. The van der Waals surface area contributed by atoms with Crippen molar-refractivity contribution in [3.63, 3.8) is 0 Å². The Morgan fingerprint density at radius 1 is 1.19 bits per heavy atom. The van der Waals surface area contributed by atoms with Crippen LogP contribution in [0.2, 0.25) is 0 Å². The van der Waals surface area contributed by atoms with Crippen LogP contribution in [0, 0.1) is 0 Å². The smallest absolute Gasteiger partial charge is 0.264 e. The van der Waals surface area contributed by atoms with Crippen molar-refractivity contribution in [3.05, 3.63) is 54.6 Å². The summed E-state index contributed by atoms with van der Waals surface area (Å²) in [5, 5.41) is 5.80. The Kier molecular flexibility index (Phi) is 7.20. The standard InChI is InChI=1S/C18H21N3O4S.ClH/c1-21(15-7-3-2-4-8-15)26(23,24)16-9-5-6-14(12-16)20-18(22)17-13-25-11-10-19-17;/h2-9,12,17,19H,10-11,13H2,1H3,(H,20,22);1H. The molecule has 0 bridgehead atoms. The van der Waals surface area contributed by atoms with E-state index >= 15 is 0 Å². The molecule has 146 valence electrons. The first-order chi connectivity index (χ1) is 12.5. The van der Waals surface area contributed by atoms with Crippen LogP contribution >= 0.6 is 12.4 Å². The van der Waals surface area contributed by atoms with Gasteiger partial charge in [0.05, 0.1) is 23.8 Å². The molecule has 3 rings (SSSR count). The number of benzene rings is 2. The van der Waals surface area contributed by atoms with Crippen molar-refractivity contribution in [1.29, 1.82) is 0 Å². The summed E-state index contributed by atoms with van der Waals surface area (Å²) in [5.41, 5.74) is 0.982. The second-order valence-corrected chi connectivity index (χ2v) is 7.88. The number of hydrogen-bond acceptors (Lipinski definition) is 5. The molecule has 2 N–H and O–H groups in total. The van der Waals surface area contributed by atoms with Gasteiger partial charge >= 0.3 is 0 Å². The van der Waals surface area contributed by atoms with Gasteiger partial charge in [-0.15, -0.1) is 12.4 Å². The second kappa shape index (κ2) is 9.18. The molecule has 9 heteroatoms. The van der Waals surface area contributed by atoms with Crippen LogP contribution in [-0.4, -0.2) is 47.2 Å². The largest absolute Gasteiger partial charge is 0.378 e. The lowest BCUT2D eigenvalue weighted by Crippen LogP contribution is -2.48. The highest BCUT2D eigenvalue weighted by molar-refractivity contribution is 7.92. The molecule has 1 aliphatic rings. The lowest BCUT2D eigenvalue weighted by molar-refractivity contribution is -0.120. The number of ether oxygens (including phenoxy) is 1. The van der Waals surface area contributed by atoms with E-state index in [1.165, 1.54) is 23.5 Å². The zero-order valence-corrected chi connectivity index (χ0v) is 16.4. The first-order valence-electron chi connectivity index (χ1n) is 8.24. The number of para-hydroxylation sites is 1. The van der Waals surface area contributed by atoms with Crippen LogP contribution < -0.4 is 14.9 Å². The minimum absolute atomic E-state index is 0. The molecule has 1 atom stereocenters. The molecule has 7 nitrogen and oxygen atoms in total. The van der Waals surface area contributed by atoms with Crippen LogP contribution in [0.5, 0.6) is 0 Å². The Morgan fingerprint density at radius 2 is 1.93 bits per heavy atom. The molecule has 1 fully saturated rings. The minimum atomic E-state index is -3.73. The van der Waals surface area contributed by atoms with Crippen molar-refractivity contribution >= 4 is 39.7 Å². The number of anilines is 2. The van der Waals surface area contributed by atoms with Crippen molar-refractivity contribution in [2.24, 2.45) is 0 Å². The molecule has 0 spiro atoms. The molecule has 27 heavy (non-hydrogen) atoms. The minimum Gasteiger partial charge on any atom is -0.378 e. The zero-order valence-electron chi connectivity index (χ0n) is 14.8. The SMILES string of the molecule is CN(c1ccccc1)S(=O)(=O)c1cccc(NC(=O)C2COCCN2)c1.Cl. The quantitative estimate of drug-likeness (QED) is 0.784. The number of carbonyl (C=O) groups is 1. The van der Waals surface area contributed by atoms with Crippen molar-refractivity contribution in [2.45, 2.75) is 10.9 Å². The Bertz CT molecular complexity index is 871. The van der Waals surface area contributed by atoms with E-state index in [0.29, 0.717) is 31.1 Å². The van der Waals surface area contributed by atoms with Gasteiger partial charge in [-0.05, 0) is 30.3 Å². The second-order valence-electron chi connectivity index (χ2n) is 5.91. The Balaban J connectivity index is 0.00000261. The van der Waals surface area contributed by atoms with Crippen molar-refractivity contribution in [1.82, 2.24) is 5.32 Å². The lowest BCUT2D eigenvalue weighted by atomic mass is 10.2. The van der Waals surface area contributed by atoms with E-state index in [1.54, 1.807) is 36.4 Å². The predicted octanol–water partition coefficient (Wildman–Crippen LogP) is 1.86. The van der Waals surface area contributed by atoms with Gasteiger partial charge in [0.15, 0.2) is 0 Å². The third-order valence-corrected chi connectivity index (χ3v) is 5.90. The van der Waals surface area contributed by atoms with Gasteiger partial charge < -0.3 is 15.4 Å². The van der Waals surface area contributed by atoms with Gasteiger partial charge in [0.1, 0.15) is 6.04 Å². The normalized spacial score (nSPS) is 16.9. The fraction of sp³-hybridized carbons (Fsp3) is 0.278. The summed E-state index contributed by atoms with van der Waals surface area (Å²) < 4.78 is 32.2. The molecule has 0 radical (unpaired) electrons. The average Bonchev–Trinajstić information content (AvgIpc) is 2.69. The first-order valence-corrected chi connectivity index (χ1v) is 9.68. The maximum atomic E-state index is 12.9. The Labute approximate surface area is 165 Å². The molecule has 1 unspecified atom stereocenters. The topological polar surface area (TPSA) is 87.7 Å². The molecule has 1 saturated heterocycles. The highest BCUT2D eigenvalue weighted by atomic mass is 35.5. The number of nitrogens with one attached hydrogen (secondary N) is 2. The average molecular weight is 412 g/mol. The molecular weight excluding hydrogens is 390 g/mol. The van der Waals surface area contributed by atoms with E-state index in [9.17, 15) is 13.2 Å². The number of morpholine rings is 1. The molecule has 0 aromatic heterocycles. The number of nitrogens with zero attached hydrogens (tertiary/aromatic N) is 1. The number of amides is 1. The summed E-state index contributed by atoms with van der Waals surface area (Å²) in [6.07, 6.45) is 0. The predicted molar refractivity (Wildman–Crippen MR) is 107 cm³/mol. The fourth-order valence-corrected chi connectivity index (χ4v) is 3.87. The number of sulfonamides is 1. The van der Waals surface area contributed by atoms with Gasteiger partial charge in [-0.25, -0.2) is 8.42 Å². The number of carbonyl (C=O) groups excluding carboxylic acids is 1. The summed E-state index contributed by atoms with van der Waals surface area (Å²) in [5.74, 6) is -0.254. The third kappa shape index (κ3) is 4.98. The van der Waals surface area contributed by atoms with Gasteiger partial charge in [0.25, 0.3) is 10.0 Å². The van der Waals surface area contributed by atoms with Crippen molar-refractivity contribution < 1.29 is 17.9 Å². The van der Waals surface area contributed by atoms with Crippen LogP contribution in [0.3, 0.4) is 0 Å². The molecule has 0 aliphatic carbocycles. The fourth-order valence-electron chi connectivity index (χ4n) is 2.63. The number of halogens is 1. The summed E-state index contributed by atoms with van der Waals surface area (Å²) in [6, 6.07) is 14.6. The lowest BCUT2D eigenvalue weighted by Gasteiger charge is -2.23. The molecular formula is C18H22ClN3O4S. The summed E-state index contributed by atoms with van der Waals surface area (Å²) in [6.45, 7) is 1.47. The molecule has 2 aromatic rings. The van der Waals surface area contributed by atoms with Crippen LogP contribution in [-0.2, 0) is 19.6 Å². The molecule has 1 aliphatic heterocycles. The van der Waals surface area contributed by atoms with Crippen molar-refractivity contribution in [2.75, 3.05) is 36.4 Å². The maximum absolute atomic E-state index is 12.9. The van der Waals surface area contributed by atoms with Gasteiger partial charge in [-0.3, -0.25) is 9.10 Å². The summed E-state index contributed by atoms with van der Waals surface area (Å²) >= 11 is 0. The van der Waals surface area contributed by atoms with Gasteiger partial charge in [-0.2, -0.15) is 0 Å². The zero-order chi connectivity index (χ0) is 18.6. The van der Waals surface area contributed by atoms with Crippen LogP contribution in [0.25, 0.3) is 0 Å². The van der Waals surface area contributed by atoms with E-state index in [-0.39, 0.29) is 23.2 Å². The number of rotatable bonds is 5. The van der Waals surface area contributed by atoms with E-state index in [1.807, 2.05) is 6.07 Å². The molecule has 1 amide bonds. The Morgan fingerprint density at radius 3 is 2.59 bits per heavy atom. The van der Waals surface area contributed by atoms with Crippen LogP contribution in [0.1, 0.15) is 0 Å².